The van der Waals surface area contributed by atoms with E-state index in [1.54, 1.807) is 35.2 Å². The Bertz CT molecular complexity index is 1070. The molecule has 43 heavy (non-hydrogen) atoms. The van der Waals surface area contributed by atoms with Crippen molar-refractivity contribution in [1.82, 2.24) is 0 Å². The fourth-order valence-corrected chi connectivity index (χ4v) is 6.41. The van der Waals surface area contributed by atoms with E-state index in [0.717, 1.165) is 6.42 Å². The van der Waals surface area contributed by atoms with E-state index in [4.69, 9.17) is 27.9 Å². The molecule has 0 saturated heterocycles. The second-order valence-corrected chi connectivity index (χ2v) is 14.7. The van der Waals surface area contributed by atoms with Crippen LogP contribution in [0.15, 0.2) is 48.1 Å². The van der Waals surface area contributed by atoms with Crippen LogP contribution in [0.2, 0.25) is 6.04 Å². The summed E-state index contributed by atoms with van der Waals surface area (Å²) in [7, 11) is 2.13. The van der Waals surface area contributed by atoms with Gasteiger partial charge in [0, 0.05) is 44.1 Å². The third-order valence-corrected chi connectivity index (χ3v) is 10.0. The molecule has 0 aromatic rings. The first-order valence-electron chi connectivity index (χ1n) is 13.9. The first-order valence-corrected chi connectivity index (χ1v) is 15.9. The van der Waals surface area contributed by atoms with Gasteiger partial charge in [-0.1, -0.05) is 38.3 Å². The van der Waals surface area contributed by atoms with E-state index in [1.165, 1.54) is 13.0 Å². The molecule has 0 heterocycles. The Hall–Kier alpha value is -3.06. The molecule has 4 unspecified atom stereocenters. The van der Waals surface area contributed by atoms with Crippen LogP contribution in [-0.2, 0) is 41.9 Å². The van der Waals surface area contributed by atoms with Crippen molar-refractivity contribution in [3.8, 4) is 0 Å². The van der Waals surface area contributed by atoms with Gasteiger partial charge in [-0.3, -0.25) is 4.79 Å². The summed E-state index contributed by atoms with van der Waals surface area (Å²) in [6, 6.07) is 0.611. The quantitative estimate of drug-likeness (QED) is 0.0964. The number of carbonyl (C=O) groups is 4. The lowest BCUT2D eigenvalue weighted by Gasteiger charge is -2.34. The first kappa shape index (κ1) is 39.9. The van der Waals surface area contributed by atoms with E-state index in [9.17, 15) is 24.3 Å². The van der Waals surface area contributed by atoms with Crippen molar-refractivity contribution in [3.63, 3.8) is 0 Å². The van der Waals surface area contributed by atoms with Gasteiger partial charge in [0.25, 0.3) is 0 Å². The number of carboxylic acids is 2. The number of allylic oxidation sites excluding steroid dienone is 2. The first-order chi connectivity index (χ1) is 19.7. The van der Waals surface area contributed by atoms with Gasteiger partial charge in [-0.15, -0.1) is 0 Å². The van der Waals surface area contributed by atoms with Gasteiger partial charge >= 0.3 is 32.7 Å². The highest BCUT2D eigenvalue weighted by atomic mass is 28.4. The monoisotopic (exact) mass is 626 g/mol. The predicted molar refractivity (Wildman–Crippen MR) is 164 cm³/mol. The second kappa shape index (κ2) is 17.3. The number of carboxylic acid groups (broad SMARTS) is 2. The maximum absolute atomic E-state index is 11.6. The summed E-state index contributed by atoms with van der Waals surface area (Å²) in [5.41, 5.74) is -0.498. The van der Waals surface area contributed by atoms with Gasteiger partial charge in [0.05, 0.1) is 12.0 Å². The van der Waals surface area contributed by atoms with Gasteiger partial charge in [0.15, 0.2) is 0 Å². The van der Waals surface area contributed by atoms with Crippen molar-refractivity contribution < 1.29 is 52.1 Å². The number of aliphatic carboxylic acids is 2. The fraction of sp³-hybridized carbons (Fsp3) is 0.613. The third kappa shape index (κ3) is 11.9. The van der Waals surface area contributed by atoms with Crippen molar-refractivity contribution in [3.05, 3.63) is 48.1 Å². The number of fused-ring (bicyclic) bond motifs is 2. The minimum Gasteiger partial charge on any atom is -0.481 e. The third-order valence-electron chi connectivity index (χ3n) is 7.18. The SMILES string of the molecule is C=C(C)C(=O)OC(C)(C)C.C=C(C)C(=O)OCCC[Si](OC)(OC)OC.CC(=CC1(C(=O)O)C2C=CC(C2)C1C)C(=O)O. The number of hydrogen-bond acceptors (Lipinski definition) is 9. The zero-order valence-corrected chi connectivity index (χ0v) is 28.3. The van der Waals surface area contributed by atoms with E-state index < -0.39 is 31.8 Å². The van der Waals surface area contributed by atoms with Gasteiger partial charge in [-0.05, 0) is 72.1 Å². The maximum atomic E-state index is 11.6. The average Bonchev–Trinajstić information content (AvgIpc) is 3.50. The Morgan fingerprint density at radius 3 is 1.79 bits per heavy atom. The Balaban J connectivity index is 0.000000639. The number of carbonyl (C=O) groups excluding carboxylic acids is 2. The fourth-order valence-electron chi connectivity index (χ4n) is 4.72. The highest BCUT2D eigenvalue weighted by molar-refractivity contribution is 6.60. The highest BCUT2D eigenvalue weighted by Gasteiger charge is 2.57. The molecule has 2 rings (SSSR count). The zero-order chi connectivity index (χ0) is 33.8. The van der Waals surface area contributed by atoms with Gasteiger partial charge in [0.1, 0.15) is 5.60 Å². The number of ether oxygens (including phenoxy) is 2. The maximum Gasteiger partial charge on any atom is 0.500 e. The van der Waals surface area contributed by atoms with E-state index in [2.05, 4.69) is 19.2 Å². The molecule has 4 atom stereocenters. The molecule has 0 radical (unpaired) electrons. The molecular weight excluding hydrogens is 576 g/mol. The summed E-state index contributed by atoms with van der Waals surface area (Å²) in [6.07, 6.45) is 6.87. The standard InChI is InChI=1S/C13H16O4.C10H20O5Si.C8H14O2/c1-7(11(14)15)6-13(12(16)17)8(2)9-3-4-10(13)5-9;1-9(2)10(11)15-7-6-8-16(12-3,13-4)14-5;1-6(2)7(9)10-8(3,4)5/h3-4,6,8-10H,5H2,1-2H3,(H,14,15)(H,16,17);1,6-8H2,2-5H3;1H2,2-5H3. The summed E-state index contributed by atoms with van der Waals surface area (Å²) in [6.45, 7) is 19.3. The highest BCUT2D eigenvalue weighted by Crippen LogP contribution is 2.57. The summed E-state index contributed by atoms with van der Waals surface area (Å²) in [5.74, 6) is -2.54. The Kier molecular flexibility index (Phi) is 16.1. The molecule has 0 aromatic heterocycles. The van der Waals surface area contributed by atoms with Crippen molar-refractivity contribution in [2.75, 3.05) is 27.9 Å². The van der Waals surface area contributed by atoms with Crippen molar-refractivity contribution >= 4 is 32.7 Å². The van der Waals surface area contributed by atoms with Crippen LogP contribution in [0.5, 0.6) is 0 Å². The average molecular weight is 627 g/mol. The van der Waals surface area contributed by atoms with Crippen molar-refractivity contribution in [2.24, 2.45) is 23.2 Å². The lowest BCUT2D eigenvalue weighted by Crippen LogP contribution is -2.42. The van der Waals surface area contributed by atoms with Crippen LogP contribution in [0.25, 0.3) is 0 Å². The minimum absolute atomic E-state index is 0.0516. The van der Waals surface area contributed by atoms with Crippen molar-refractivity contribution in [2.45, 2.75) is 73.0 Å². The molecule has 2 N–H and O–H groups in total. The molecule has 0 amide bonds. The molecule has 11 nitrogen and oxygen atoms in total. The Morgan fingerprint density at radius 1 is 0.953 bits per heavy atom. The summed E-state index contributed by atoms with van der Waals surface area (Å²) in [5, 5.41) is 18.4. The van der Waals surface area contributed by atoms with Gasteiger partial charge in [-0.2, -0.15) is 0 Å². The second-order valence-electron chi connectivity index (χ2n) is 11.6. The normalized spacial score (nSPS) is 22.4. The zero-order valence-electron chi connectivity index (χ0n) is 27.3. The number of esters is 2. The molecule has 12 heteroatoms. The lowest BCUT2D eigenvalue weighted by molar-refractivity contribution is -0.150. The van der Waals surface area contributed by atoms with Gasteiger partial charge < -0.3 is 33.0 Å². The van der Waals surface area contributed by atoms with Crippen LogP contribution in [-0.4, -0.2) is 76.4 Å². The topological polar surface area (TPSA) is 155 Å². The lowest BCUT2D eigenvalue weighted by atomic mass is 9.68. The van der Waals surface area contributed by atoms with Gasteiger partial charge in [-0.25, -0.2) is 14.4 Å². The molecule has 1 saturated carbocycles. The molecule has 2 bridgehead atoms. The van der Waals surface area contributed by atoms with Crippen LogP contribution in [0.4, 0.5) is 0 Å². The molecule has 0 aromatic carbocycles. The number of hydrogen-bond donors (Lipinski definition) is 2. The van der Waals surface area contributed by atoms with Crippen LogP contribution in [0, 0.1) is 23.2 Å². The molecule has 1 fully saturated rings. The molecule has 244 valence electrons. The van der Waals surface area contributed by atoms with Crippen LogP contribution >= 0.6 is 0 Å². The van der Waals surface area contributed by atoms with E-state index >= 15 is 0 Å². The van der Waals surface area contributed by atoms with Crippen molar-refractivity contribution in [1.29, 1.82) is 0 Å². The summed E-state index contributed by atoms with van der Waals surface area (Å²) >= 11 is 0. The molecule has 0 aliphatic heterocycles. The molecule has 2 aliphatic carbocycles. The molecular formula is C31H50O11Si. The number of rotatable bonds is 12. The van der Waals surface area contributed by atoms with E-state index in [1.807, 2.05) is 33.8 Å². The summed E-state index contributed by atoms with van der Waals surface area (Å²) < 4.78 is 25.6. The molecule has 2 aliphatic rings. The van der Waals surface area contributed by atoms with Gasteiger partial charge in [0.2, 0.25) is 0 Å². The smallest absolute Gasteiger partial charge is 0.481 e. The van der Waals surface area contributed by atoms with Crippen LogP contribution < -0.4 is 0 Å². The predicted octanol–water partition coefficient (Wildman–Crippen LogP) is 5.21. The largest absolute Gasteiger partial charge is 0.500 e. The van der Waals surface area contributed by atoms with E-state index in [0.29, 0.717) is 30.2 Å². The van der Waals surface area contributed by atoms with E-state index in [-0.39, 0.29) is 35.3 Å². The van der Waals surface area contributed by atoms with Crippen LogP contribution in [0.3, 0.4) is 0 Å². The van der Waals surface area contributed by atoms with Crippen LogP contribution in [0.1, 0.15) is 61.3 Å². The summed E-state index contributed by atoms with van der Waals surface area (Å²) in [4.78, 5) is 44.4. The minimum atomic E-state index is -2.53. The Labute approximate surface area is 256 Å². The molecule has 0 spiro atoms. The Morgan fingerprint density at radius 2 is 1.47 bits per heavy atom.